The molecule has 2 rings (SSSR count). The number of halogens is 1. The van der Waals surface area contributed by atoms with E-state index in [1.165, 1.54) is 24.3 Å². The van der Waals surface area contributed by atoms with E-state index in [2.05, 4.69) is 36.6 Å². The van der Waals surface area contributed by atoms with Crippen molar-refractivity contribution in [3.8, 4) is 0 Å². The monoisotopic (exact) mass is 482 g/mol. The van der Waals surface area contributed by atoms with Crippen molar-refractivity contribution in [2.75, 3.05) is 17.2 Å². The molecule has 8 nitrogen and oxygen atoms in total. The van der Waals surface area contributed by atoms with Crippen molar-refractivity contribution in [3.63, 3.8) is 0 Å². The molecular weight excluding hydrogens is 460 g/mol. The average Bonchev–Trinajstić information content (AvgIpc) is 2.63. The van der Waals surface area contributed by atoms with Crippen molar-refractivity contribution >= 4 is 49.3 Å². The fraction of sp³-hybridized carbons (Fsp3) is 0.263. The Labute approximate surface area is 178 Å². The van der Waals surface area contributed by atoms with Crippen molar-refractivity contribution in [3.05, 3.63) is 53.0 Å². The van der Waals surface area contributed by atoms with E-state index in [0.717, 1.165) is 4.47 Å². The summed E-state index contributed by atoms with van der Waals surface area (Å²) in [6.07, 6.45) is 0.0721. The Morgan fingerprint density at radius 3 is 2.07 bits per heavy atom. The van der Waals surface area contributed by atoms with Gasteiger partial charge in [-0.3, -0.25) is 4.79 Å². The molecule has 0 bridgehead atoms. The summed E-state index contributed by atoms with van der Waals surface area (Å²) in [6.45, 7) is 3.62. The summed E-state index contributed by atoms with van der Waals surface area (Å²) < 4.78 is 27.6. The van der Waals surface area contributed by atoms with Crippen molar-refractivity contribution < 1.29 is 18.0 Å². The molecule has 2 aromatic carbocycles. The quantitative estimate of drug-likeness (QED) is 0.461. The van der Waals surface area contributed by atoms with Gasteiger partial charge < -0.3 is 16.0 Å². The van der Waals surface area contributed by atoms with Gasteiger partial charge in [-0.2, -0.15) is 0 Å². The van der Waals surface area contributed by atoms with Gasteiger partial charge in [0.1, 0.15) is 0 Å². The molecule has 0 saturated heterocycles. The van der Waals surface area contributed by atoms with Gasteiger partial charge in [-0.25, -0.2) is 17.9 Å². The highest BCUT2D eigenvalue weighted by molar-refractivity contribution is 9.10. The Balaban J connectivity index is 1.77. The van der Waals surface area contributed by atoms with E-state index in [1.54, 1.807) is 38.1 Å². The van der Waals surface area contributed by atoms with Crippen molar-refractivity contribution in [1.29, 1.82) is 0 Å². The number of carbonyl (C=O) groups is 2. The molecule has 10 heteroatoms. The normalized spacial score (nSPS) is 11.2. The lowest BCUT2D eigenvalue weighted by molar-refractivity contribution is -0.116. The maximum Gasteiger partial charge on any atom is 0.319 e. The molecule has 0 saturated carbocycles. The predicted molar refractivity (Wildman–Crippen MR) is 116 cm³/mol. The SMILES string of the molecule is CC(C)NS(=O)(=O)c1ccc(NC(=O)CCNC(=O)Nc2ccc(Br)cc2)cc1. The average molecular weight is 483 g/mol. The van der Waals surface area contributed by atoms with E-state index >= 15 is 0 Å². The number of carbonyl (C=O) groups excluding carboxylic acids is 2. The molecule has 4 N–H and O–H groups in total. The third-order valence-electron chi connectivity index (χ3n) is 3.58. The predicted octanol–water partition coefficient (Wildman–Crippen LogP) is 3.29. The fourth-order valence-corrected chi connectivity index (χ4v) is 3.83. The van der Waals surface area contributed by atoms with Gasteiger partial charge in [0.25, 0.3) is 0 Å². The van der Waals surface area contributed by atoms with Gasteiger partial charge in [0.15, 0.2) is 0 Å². The number of benzene rings is 2. The first-order valence-corrected chi connectivity index (χ1v) is 11.2. The third-order valence-corrected chi connectivity index (χ3v) is 5.78. The van der Waals surface area contributed by atoms with E-state index in [0.29, 0.717) is 11.4 Å². The van der Waals surface area contributed by atoms with Gasteiger partial charge in [0.05, 0.1) is 4.90 Å². The zero-order valence-corrected chi connectivity index (χ0v) is 18.4. The summed E-state index contributed by atoms with van der Waals surface area (Å²) in [5, 5.41) is 7.92. The number of urea groups is 1. The number of hydrogen-bond acceptors (Lipinski definition) is 4. The number of hydrogen-bond donors (Lipinski definition) is 4. The maximum atomic E-state index is 12.1. The first-order valence-electron chi connectivity index (χ1n) is 8.88. The molecule has 0 aliphatic heterocycles. The number of amides is 3. The molecule has 0 unspecified atom stereocenters. The molecule has 2 aromatic rings. The van der Waals surface area contributed by atoms with Crippen LogP contribution in [0.25, 0.3) is 0 Å². The molecule has 0 spiro atoms. The van der Waals surface area contributed by atoms with Crippen LogP contribution in [0.4, 0.5) is 16.2 Å². The minimum absolute atomic E-state index is 0.0721. The third kappa shape index (κ3) is 7.84. The van der Waals surface area contributed by atoms with Crippen LogP contribution >= 0.6 is 15.9 Å². The first-order chi connectivity index (χ1) is 13.7. The van der Waals surface area contributed by atoms with Crippen LogP contribution in [0, 0.1) is 0 Å². The summed E-state index contributed by atoms with van der Waals surface area (Å²) in [4.78, 5) is 23.9. The van der Waals surface area contributed by atoms with E-state index in [9.17, 15) is 18.0 Å². The van der Waals surface area contributed by atoms with Crippen LogP contribution in [0.5, 0.6) is 0 Å². The highest BCUT2D eigenvalue weighted by Crippen LogP contribution is 2.15. The Hall–Kier alpha value is -2.43. The molecule has 0 radical (unpaired) electrons. The number of anilines is 2. The second kappa shape index (κ2) is 10.4. The summed E-state index contributed by atoms with van der Waals surface area (Å²) in [5.74, 6) is -0.301. The van der Waals surface area contributed by atoms with Gasteiger partial charge in [-0.05, 0) is 62.4 Å². The van der Waals surface area contributed by atoms with Crippen molar-refractivity contribution in [1.82, 2.24) is 10.0 Å². The largest absolute Gasteiger partial charge is 0.337 e. The first kappa shape index (κ1) is 22.9. The van der Waals surface area contributed by atoms with Crippen LogP contribution < -0.4 is 20.7 Å². The molecule has 156 valence electrons. The summed E-state index contributed by atoms with van der Waals surface area (Å²) in [7, 11) is -3.58. The van der Waals surface area contributed by atoms with E-state index < -0.39 is 16.1 Å². The van der Waals surface area contributed by atoms with Gasteiger partial charge in [0.2, 0.25) is 15.9 Å². The van der Waals surface area contributed by atoms with Gasteiger partial charge in [-0.15, -0.1) is 0 Å². The second-order valence-electron chi connectivity index (χ2n) is 6.49. The van der Waals surface area contributed by atoms with Gasteiger partial charge >= 0.3 is 6.03 Å². The molecular formula is C19H23BrN4O4S. The van der Waals surface area contributed by atoms with Gasteiger partial charge in [-0.1, -0.05) is 15.9 Å². The fourth-order valence-electron chi connectivity index (χ4n) is 2.32. The maximum absolute atomic E-state index is 12.1. The van der Waals surface area contributed by atoms with E-state index in [-0.39, 0.29) is 29.8 Å². The van der Waals surface area contributed by atoms with Crippen LogP contribution in [0.2, 0.25) is 0 Å². The summed E-state index contributed by atoms with van der Waals surface area (Å²) >= 11 is 3.31. The van der Waals surface area contributed by atoms with Crippen molar-refractivity contribution in [2.45, 2.75) is 31.2 Å². The minimum atomic E-state index is -3.58. The molecule has 0 aromatic heterocycles. The lowest BCUT2D eigenvalue weighted by atomic mass is 10.3. The Morgan fingerprint density at radius 2 is 1.48 bits per heavy atom. The minimum Gasteiger partial charge on any atom is -0.337 e. The lowest BCUT2D eigenvalue weighted by Crippen LogP contribution is -2.31. The van der Waals surface area contributed by atoms with Gasteiger partial charge in [0, 0.05) is 34.9 Å². The molecule has 0 aliphatic rings. The topological polar surface area (TPSA) is 116 Å². The molecule has 0 fully saturated rings. The second-order valence-corrected chi connectivity index (χ2v) is 9.12. The van der Waals surface area contributed by atoms with Crippen LogP contribution in [0.15, 0.2) is 57.9 Å². The van der Waals surface area contributed by atoms with Crippen molar-refractivity contribution in [2.24, 2.45) is 0 Å². The lowest BCUT2D eigenvalue weighted by Gasteiger charge is -2.11. The molecule has 29 heavy (non-hydrogen) atoms. The summed E-state index contributed by atoms with van der Waals surface area (Å²) in [5.41, 5.74) is 1.11. The Bertz CT molecular complexity index is 945. The molecule has 0 heterocycles. The number of rotatable bonds is 8. The smallest absolute Gasteiger partial charge is 0.319 e. The van der Waals surface area contributed by atoms with Crippen LogP contribution in [0.3, 0.4) is 0 Å². The molecule has 3 amide bonds. The van der Waals surface area contributed by atoms with Crippen LogP contribution in [-0.2, 0) is 14.8 Å². The molecule has 0 atom stereocenters. The number of sulfonamides is 1. The molecule has 0 aliphatic carbocycles. The Kier molecular flexibility index (Phi) is 8.18. The van der Waals surface area contributed by atoms with Crippen LogP contribution in [-0.4, -0.2) is 32.9 Å². The standard InChI is InChI=1S/C19H23BrN4O4S/c1-13(2)24-29(27,28)17-9-7-15(8-10-17)22-18(25)11-12-21-19(26)23-16-5-3-14(20)4-6-16/h3-10,13,24H,11-12H2,1-2H3,(H,22,25)(H2,21,23,26). The highest BCUT2D eigenvalue weighted by atomic mass is 79.9. The zero-order valence-electron chi connectivity index (χ0n) is 16.0. The zero-order chi connectivity index (χ0) is 21.4. The Morgan fingerprint density at radius 1 is 0.931 bits per heavy atom. The van der Waals surface area contributed by atoms with E-state index in [4.69, 9.17) is 0 Å². The number of nitrogens with one attached hydrogen (secondary N) is 4. The summed E-state index contributed by atoms with van der Waals surface area (Å²) in [6, 6.07) is 12.3. The van der Waals surface area contributed by atoms with Crippen LogP contribution in [0.1, 0.15) is 20.3 Å². The van der Waals surface area contributed by atoms with E-state index in [1.807, 2.05) is 0 Å². The highest BCUT2D eigenvalue weighted by Gasteiger charge is 2.15.